The molecular weight excluding hydrogens is 187 g/mol. The van der Waals surface area contributed by atoms with Crippen LogP contribution in [0.25, 0.3) is 0 Å². The van der Waals surface area contributed by atoms with Gasteiger partial charge in [0.25, 0.3) is 0 Å². The molecule has 0 heterocycles. The lowest BCUT2D eigenvalue weighted by molar-refractivity contribution is 1.24. The standard InChI is InChI=1S/C6H5BrCl/c7-5-2-1-3-6(8)4-5/h2-4H,1H2. The molecule has 0 spiro atoms. The smallest absolute Gasteiger partial charge is 0.0232 e. The van der Waals surface area contributed by atoms with Gasteiger partial charge in [0, 0.05) is 15.9 Å². The van der Waals surface area contributed by atoms with Gasteiger partial charge in [0.1, 0.15) is 0 Å². The minimum atomic E-state index is 0.819. The van der Waals surface area contributed by atoms with E-state index in [4.69, 9.17) is 11.6 Å². The Labute approximate surface area is 62.3 Å². The first-order chi connectivity index (χ1) is 3.79. The van der Waals surface area contributed by atoms with E-state index in [0.29, 0.717) is 0 Å². The number of hydrogen-bond acceptors (Lipinski definition) is 0. The van der Waals surface area contributed by atoms with Gasteiger partial charge in [0.15, 0.2) is 0 Å². The zero-order valence-electron chi connectivity index (χ0n) is 4.20. The summed E-state index contributed by atoms with van der Waals surface area (Å²) in [5.74, 6) is 0. The molecule has 8 heavy (non-hydrogen) atoms. The fourth-order valence-electron chi connectivity index (χ4n) is 0.534. The predicted molar refractivity (Wildman–Crippen MR) is 39.9 cm³/mol. The lowest BCUT2D eigenvalue weighted by Gasteiger charge is -2.00. The second-order valence-corrected chi connectivity index (χ2v) is 2.91. The van der Waals surface area contributed by atoms with E-state index in [-0.39, 0.29) is 0 Å². The summed E-state index contributed by atoms with van der Waals surface area (Å²) in [5, 5.41) is 0.819. The Balaban J connectivity index is 2.69. The van der Waals surface area contributed by atoms with Crippen LogP contribution < -0.4 is 0 Å². The maximum absolute atomic E-state index is 5.65. The lowest BCUT2D eigenvalue weighted by atomic mass is 10.2. The maximum atomic E-state index is 5.65. The largest absolute Gasteiger partial charge is 0.0888 e. The van der Waals surface area contributed by atoms with Gasteiger partial charge in [-0.1, -0.05) is 33.6 Å². The Hall–Kier alpha value is 0.250. The van der Waals surface area contributed by atoms with E-state index in [0.717, 1.165) is 15.9 Å². The van der Waals surface area contributed by atoms with Crippen molar-refractivity contribution < 1.29 is 0 Å². The first-order valence-electron chi connectivity index (χ1n) is 2.35. The quantitative estimate of drug-likeness (QED) is 0.553. The molecule has 0 aliphatic heterocycles. The zero-order valence-corrected chi connectivity index (χ0v) is 6.54. The van der Waals surface area contributed by atoms with Crippen LogP contribution in [0.1, 0.15) is 6.42 Å². The van der Waals surface area contributed by atoms with Crippen LogP contribution in [0.2, 0.25) is 0 Å². The summed E-state index contributed by atoms with van der Waals surface area (Å²) in [4.78, 5) is 0. The normalized spacial score (nSPS) is 19.8. The van der Waals surface area contributed by atoms with E-state index < -0.39 is 0 Å². The van der Waals surface area contributed by atoms with E-state index in [1.807, 2.05) is 12.5 Å². The molecule has 0 fully saturated rings. The highest BCUT2D eigenvalue weighted by Crippen LogP contribution is 2.22. The van der Waals surface area contributed by atoms with Gasteiger partial charge in [-0.3, -0.25) is 0 Å². The third-order valence-corrected chi connectivity index (χ3v) is 1.72. The Morgan fingerprint density at radius 3 is 2.75 bits per heavy atom. The summed E-state index contributed by atoms with van der Waals surface area (Å²) in [5.41, 5.74) is 0. The van der Waals surface area contributed by atoms with E-state index >= 15 is 0 Å². The monoisotopic (exact) mass is 191 g/mol. The molecule has 0 saturated heterocycles. The highest BCUT2D eigenvalue weighted by molar-refractivity contribution is 9.11. The molecule has 1 aliphatic carbocycles. The molecule has 0 bridgehead atoms. The average molecular weight is 192 g/mol. The van der Waals surface area contributed by atoms with Crippen LogP contribution in [-0.2, 0) is 0 Å². The third-order valence-electron chi connectivity index (χ3n) is 0.901. The number of hydrogen-bond donors (Lipinski definition) is 0. The number of halogens is 2. The Kier molecular flexibility index (Phi) is 2.15. The summed E-state index contributed by atoms with van der Waals surface area (Å²) in [7, 11) is 0. The summed E-state index contributed by atoms with van der Waals surface area (Å²) >= 11 is 8.96. The molecule has 0 amide bonds. The fraction of sp³-hybridized carbons (Fsp3) is 0.167. The summed E-state index contributed by atoms with van der Waals surface area (Å²) in [6, 6.07) is 0. The van der Waals surface area contributed by atoms with Gasteiger partial charge in [0.2, 0.25) is 0 Å². The van der Waals surface area contributed by atoms with Gasteiger partial charge in [-0.2, -0.15) is 0 Å². The second kappa shape index (κ2) is 2.70. The Morgan fingerprint density at radius 2 is 2.38 bits per heavy atom. The molecule has 43 valence electrons. The SMILES string of the molecule is ClC1=CC(Br)=CC[CH]1. The number of rotatable bonds is 0. The number of allylic oxidation sites excluding steroid dienone is 4. The van der Waals surface area contributed by atoms with Crippen molar-refractivity contribution in [1.29, 1.82) is 0 Å². The fourth-order valence-corrected chi connectivity index (χ4v) is 1.31. The first-order valence-corrected chi connectivity index (χ1v) is 3.52. The molecule has 1 rings (SSSR count). The van der Waals surface area contributed by atoms with Crippen molar-refractivity contribution >= 4 is 27.5 Å². The highest BCUT2D eigenvalue weighted by Gasteiger charge is 1.98. The van der Waals surface area contributed by atoms with Crippen molar-refractivity contribution in [2.24, 2.45) is 0 Å². The average Bonchev–Trinajstić information content (AvgIpc) is 1.64. The van der Waals surface area contributed by atoms with Crippen molar-refractivity contribution in [2.45, 2.75) is 6.42 Å². The van der Waals surface area contributed by atoms with Gasteiger partial charge < -0.3 is 0 Å². The molecule has 0 N–H and O–H groups in total. The molecule has 0 saturated carbocycles. The van der Waals surface area contributed by atoms with Gasteiger partial charge in [-0.25, -0.2) is 0 Å². The minimum Gasteiger partial charge on any atom is -0.0888 e. The summed E-state index contributed by atoms with van der Waals surface area (Å²) < 4.78 is 1.07. The van der Waals surface area contributed by atoms with Gasteiger partial charge in [0.05, 0.1) is 0 Å². The maximum Gasteiger partial charge on any atom is 0.0232 e. The van der Waals surface area contributed by atoms with Crippen LogP contribution in [0.5, 0.6) is 0 Å². The van der Waals surface area contributed by atoms with Gasteiger partial charge in [-0.05, 0) is 12.5 Å². The molecule has 1 radical (unpaired) electrons. The van der Waals surface area contributed by atoms with E-state index in [9.17, 15) is 0 Å². The van der Waals surface area contributed by atoms with Crippen molar-refractivity contribution in [2.75, 3.05) is 0 Å². The van der Waals surface area contributed by atoms with E-state index in [1.54, 1.807) is 0 Å². The van der Waals surface area contributed by atoms with Gasteiger partial charge >= 0.3 is 0 Å². The molecule has 0 nitrogen and oxygen atoms in total. The Morgan fingerprint density at radius 1 is 1.62 bits per heavy atom. The summed E-state index contributed by atoms with van der Waals surface area (Å²) in [6.45, 7) is 0. The first kappa shape index (κ1) is 6.37. The van der Waals surface area contributed by atoms with Crippen molar-refractivity contribution in [3.05, 3.63) is 28.1 Å². The molecular formula is C6H5BrCl. The third kappa shape index (κ3) is 1.64. The van der Waals surface area contributed by atoms with Crippen LogP contribution in [0.3, 0.4) is 0 Å². The molecule has 2 heteroatoms. The van der Waals surface area contributed by atoms with Crippen molar-refractivity contribution in [1.82, 2.24) is 0 Å². The Bertz CT molecular complexity index is 147. The molecule has 0 aromatic heterocycles. The topological polar surface area (TPSA) is 0 Å². The van der Waals surface area contributed by atoms with Crippen LogP contribution in [0, 0.1) is 6.42 Å². The van der Waals surface area contributed by atoms with Crippen molar-refractivity contribution in [3.63, 3.8) is 0 Å². The second-order valence-electron chi connectivity index (χ2n) is 1.56. The van der Waals surface area contributed by atoms with Crippen LogP contribution in [0.4, 0.5) is 0 Å². The predicted octanol–water partition coefficient (Wildman–Crippen LogP) is 3.00. The zero-order chi connectivity index (χ0) is 5.98. The molecule has 0 aromatic rings. The van der Waals surface area contributed by atoms with Crippen molar-refractivity contribution in [3.8, 4) is 0 Å². The van der Waals surface area contributed by atoms with E-state index in [1.165, 1.54) is 0 Å². The molecule has 1 aliphatic rings. The minimum absolute atomic E-state index is 0.819. The molecule has 0 atom stereocenters. The van der Waals surface area contributed by atoms with Crippen LogP contribution in [0.15, 0.2) is 21.7 Å². The highest BCUT2D eigenvalue weighted by atomic mass is 79.9. The van der Waals surface area contributed by atoms with Crippen LogP contribution >= 0.6 is 27.5 Å². The van der Waals surface area contributed by atoms with Gasteiger partial charge in [-0.15, -0.1) is 0 Å². The molecule has 0 aromatic carbocycles. The summed E-state index contributed by atoms with van der Waals surface area (Å²) in [6.07, 6.45) is 6.85. The van der Waals surface area contributed by atoms with Crippen LogP contribution in [-0.4, -0.2) is 0 Å². The lowest BCUT2D eigenvalue weighted by Crippen LogP contribution is -1.81. The van der Waals surface area contributed by atoms with E-state index in [2.05, 4.69) is 22.0 Å². The molecule has 0 unspecified atom stereocenters.